The normalized spacial score (nSPS) is 39.0. The van der Waals surface area contributed by atoms with Crippen molar-refractivity contribution < 1.29 is 31.4 Å². The third-order valence-electron chi connectivity index (χ3n) is 3.71. The van der Waals surface area contributed by atoms with Crippen LogP contribution in [0.2, 0.25) is 0 Å². The molecule has 1 nitrogen and oxygen atoms in total. The smallest absolute Gasteiger partial charge is 0.388 e. The average Bonchev–Trinajstić information content (AvgIpc) is 2.40. The lowest BCUT2D eigenvalue weighted by atomic mass is 9.91. The zero-order valence-corrected chi connectivity index (χ0v) is 8.07. The molecule has 0 amide bonds. The predicted molar refractivity (Wildman–Crippen MR) is 41.4 cm³/mol. The highest BCUT2D eigenvalue weighted by molar-refractivity contribution is 5.20. The van der Waals surface area contributed by atoms with Crippen LogP contribution in [0.1, 0.15) is 19.3 Å². The molecule has 16 heavy (non-hydrogen) atoms. The Morgan fingerprint density at radius 1 is 0.938 bits per heavy atom. The van der Waals surface area contributed by atoms with E-state index in [0.29, 0.717) is 6.42 Å². The van der Waals surface area contributed by atoms with Crippen molar-refractivity contribution in [3.63, 3.8) is 0 Å². The Morgan fingerprint density at radius 2 is 1.31 bits per heavy atom. The fourth-order valence-corrected chi connectivity index (χ4v) is 3.11. The SMILES string of the molecule is OC1(C(C(F)(F)F)C(F)(F)F)C2CCCC21. The second-order valence-corrected chi connectivity index (χ2v) is 4.55. The first kappa shape index (κ1) is 12.0. The van der Waals surface area contributed by atoms with Crippen LogP contribution in [0, 0.1) is 17.8 Å². The molecule has 0 aromatic heterocycles. The van der Waals surface area contributed by atoms with Gasteiger partial charge in [-0.3, -0.25) is 0 Å². The van der Waals surface area contributed by atoms with Crippen molar-refractivity contribution in [2.45, 2.75) is 37.2 Å². The Labute approximate surface area is 87.4 Å². The van der Waals surface area contributed by atoms with Crippen LogP contribution in [0.25, 0.3) is 0 Å². The van der Waals surface area contributed by atoms with E-state index in [1.807, 2.05) is 0 Å². The first-order valence-electron chi connectivity index (χ1n) is 4.95. The molecular formula is C9H10F6O. The lowest BCUT2D eigenvalue weighted by molar-refractivity contribution is -0.316. The Bertz CT molecular complexity index is 269. The Morgan fingerprint density at radius 3 is 1.62 bits per heavy atom. The highest BCUT2D eigenvalue weighted by Gasteiger charge is 2.80. The second-order valence-electron chi connectivity index (χ2n) is 4.55. The maximum atomic E-state index is 12.4. The Kier molecular flexibility index (Phi) is 2.29. The van der Waals surface area contributed by atoms with Crippen molar-refractivity contribution in [3.8, 4) is 0 Å². The number of rotatable bonds is 1. The summed E-state index contributed by atoms with van der Waals surface area (Å²) in [5, 5.41) is 9.60. The van der Waals surface area contributed by atoms with Crippen molar-refractivity contribution >= 4 is 0 Å². The van der Waals surface area contributed by atoms with Crippen LogP contribution in [0.5, 0.6) is 0 Å². The molecule has 1 N–H and O–H groups in total. The molecule has 2 aliphatic rings. The fraction of sp³-hybridized carbons (Fsp3) is 1.00. The van der Waals surface area contributed by atoms with Crippen LogP contribution in [0.3, 0.4) is 0 Å². The summed E-state index contributed by atoms with van der Waals surface area (Å²) in [7, 11) is 0. The van der Waals surface area contributed by atoms with Gasteiger partial charge in [0.25, 0.3) is 0 Å². The molecule has 2 saturated carbocycles. The van der Waals surface area contributed by atoms with Gasteiger partial charge in [0, 0.05) is 0 Å². The lowest BCUT2D eigenvalue weighted by Crippen LogP contribution is -2.48. The molecule has 2 fully saturated rings. The third kappa shape index (κ3) is 1.51. The van der Waals surface area contributed by atoms with E-state index in [0.717, 1.165) is 0 Å². The standard InChI is InChI=1S/C9H10F6O/c10-8(11,12)6(9(13,14)15)7(16)4-2-1-3-5(4)7/h4-6,16H,1-3H2. The predicted octanol–water partition coefficient (Wildman–Crippen LogP) is 2.89. The van der Waals surface area contributed by atoms with Gasteiger partial charge in [-0.2, -0.15) is 26.3 Å². The van der Waals surface area contributed by atoms with E-state index in [2.05, 4.69) is 0 Å². The van der Waals surface area contributed by atoms with Crippen molar-refractivity contribution in [1.29, 1.82) is 0 Å². The van der Waals surface area contributed by atoms with Crippen LogP contribution in [0.4, 0.5) is 26.3 Å². The summed E-state index contributed by atoms with van der Waals surface area (Å²) in [5.41, 5.74) is -2.60. The summed E-state index contributed by atoms with van der Waals surface area (Å²) in [6, 6.07) is 0. The van der Waals surface area contributed by atoms with E-state index in [1.54, 1.807) is 0 Å². The first-order valence-corrected chi connectivity index (χ1v) is 4.95. The van der Waals surface area contributed by atoms with Gasteiger partial charge in [0.05, 0.1) is 5.60 Å². The van der Waals surface area contributed by atoms with E-state index < -0.39 is 35.7 Å². The minimum Gasteiger partial charge on any atom is -0.388 e. The van der Waals surface area contributed by atoms with Crippen molar-refractivity contribution in [3.05, 3.63) is 0 Å². The van der Waals surface area contributed by atoms with Gasteiger partial charge < -0.3 is 5.11 Å². The maximum absolute atomic E-state index is 12.4. The largest absolute Gasteiger partial charge is 0.403 e. The topological polar surface area (TPSA) is 20.2 Å². The van der Waals surface area contributed by atoms with Gasteiger partial charge in [-0.1, -0.05) is 6.42 Å². The van der Waals surface area contributed by atoms with Crippen LogP contribution in [-0.4, -0.2) is 23.1 Å². The van der Waals surface area contributed by atoms with Crippen molar-refractivity contribution in [1.82, 2.24) is 0 Å². The van der Waals surface area contributed by atoms with Gasteiger partial charge in [0.1, 0.15) is 0 Å². The van der Waals surface area contributed by atoms with E-state index in [4.69, 9.17) is 0 Å². The van der Waals surface area contributed by atoms with Gasteiger partial charge in [-0.25, -0.2) is 0 Å². The molecule has 0 bridgehead atoms. The zero-order valence-electron chi connectivity index (χ0n) is 8.07. The minimum atomic E-state index is -5.43. The molecule has 0 saturated heterocycles. The van der Waals surface area contributed by atoms with Gasteiger partial charge in [-0.05, 0) is 24.7 Å². The number of fused-ring (bicyclic) bond motifs is 1. The van der Waals surface area contributed by atoms with E-state index in [-0.39, 0.29) is 12.8 Å². The van der Waals surface area contributed by atoms with Crippen LogP contribution >= 0.6 is 0 Å². The minimum absolute atomic E-state index is 0.254. The lowest BCUT2D eigenvalue weighted by Gasteiger charge is -2.29. The summed E-state index contributed by atoms with van der Waals surface area (Å²) < 4.78 is 74.3. The molecule has 2 aliphatic carbocycles. The molecule has 0 aromatic rings. The highest BCUT2D eigenvalue weighted by Crippen LogP contribution is 2.68. The molecule has 0 aromatic carbocycles. The Hall–Kier alpha value is -0.460. The van der Waals surface area contributed by atoms with Crippen LogP contribution in [0.15, 0.2) is 0 Å². The molecule has 2 atom stereocenters. The number of halogens is 6. The molecule has 0 spiro atoms. The summed E-state index contributed by atoms with van der Waals surface area (Å²) in [4.78, 5) is 0. The summed E-state index contributed by atoms with van der Waals surface area (Å²) in [6.45, 7) is 0. The first-order chi connectivity index (χ1) is 7.09. The number of hydrogen-bond donors (Lipinski definition) is 1. The molecule has 7 heteroatoms. The van der Waals surface area contributed by atoms with Gasteiger partial charge in [-0.15, -0.1) is 0 Å². The van der Waals surface area contributed by atoms with E-state index in [1.165, 1.54) is 0 Å². The van der Waals surface area contributed by atoms with E-state index >= 15 is 0 Å². The van der Waals surface area contributed by atoms with E-state index in [9.17, 15) is 31.4 Å². The molecule has 2 unspecified atom stereocenters. The average molecular weight is 248 g/mol. The zero-order chi connectivity index (χ0) is 12.4. The van der Waals surface area contributed by atoms with Crippen LogP contribution in [-0.2, 0) is 0 Å². The summed E-state index contributed by atoms with van der Waals surface area (Å²) in [5.74, 6) is -5.26. The molecule has 0 heterocycles. The highest BCUT2D eigenvalue weighted by atomic mass is 19.4. The maximum Gasteiger partial charge on any atom is 0.403 e. The van der Waals surface area contributed by atoms with Crippen molar-refractivity contribution in [2.75, 3.05) is 0 Å². The monoisotopic (exact) mass is 248 g/mol. The number of hydrogen-bond acceptors (Lipinski definition) is 1. The fourth-order valence-electron chi connectivity index (χ4n) is 3.11. The molecule has 0 aliphatic heterocycles. The van der Waals surface area contributed by atoms with Crippen molar-refractivity contribution in [2.24, 2.45) is 17.8 Å². The quantitative estimate of drug-likeness (QED) is 0.707. The van der Waals surface area contributed by atoms with Gasteiger partial charge in [0.15, 0.2) is 5.92 Å². The number of aliphatic hydroxyl groups is 1. The summed E-state index contributed by atoms with van der Waals surface area (Å²) >= 11 is 0. The second kappa shape index (κ2) is 3.05. The third-order valence-corrected chi connectivity index (χ3v) is 3.71. The summed E-state index contributed by atoms with van der Waals surface area (Å²) in [6.07, 6.45) is -9.76. The molecular weight excluding hydrogens is 238 g/mol. The molecule has 0 radical (unpaired) electrons. The Balaban J connectivity index is 2.28. The molecule has 2 rings (SSSR count). The number of alkyl halides is 6. The van der Waals surface area contributed by atoms with Crippen LogP contribution < -0.4 is 0 Å². The molecule has 94 valence electrons. The van der Waals surface area contributed by atoms with Gasteiger partial charge >= 0.3 is 12.4 Å². The van der Waals surface area contributed by atoms with Gasteiger partial charge in [0.2, 0.25) is 0 Å².